The summed E-state index contributed by atoms with van der Waals surface area (Å²) in [6.07, 6.45) is -3.48. The van der Waals surface area contributed by atoms with Crippen LogP contribution in [0, 0.1) is 5.39 Å². The SMILES string of the molecule is N#[N+]/C=C(/O)C[C@@H]1CCCN1C(=O)C(F)(F)F. The van der Waals surface area contributed by atoms with Crippen LogP contribution in [0.4, 0.5) is 13.2 Å². The summed E-state index contributed by atoms with van der Waals surface area (Å²) in [6.45, 7) is 0.0204. The van der Waals surface area contributed by atoms with Crippen molar-refractivity contribution in [3.63, 3.8) is 0 Å². The lowest BCUT2D eigenvalue weighted by Gasteiger charge is -2.24. The third-order valence-electron chi connectivity index (χ3n) is 2.53. The number of carbonyl (C=O) groups is 1. The third-order valence-corrected chi connectivity index (χ3v) is 2.53. The van der Waals surface area contributed by atoms with E-state index in [2.05, 4.69) is 4.98 Å². The molecule has 1 aliphatic heterocycles. The van der Waals surface area contributed by atoms with Crippen molar-refractivity contribution < 1.29 is 23.1 Å². The molecular formula is C9H11F3N3O2+. The quantitative estimate of drug-likeness (QED) is 0.603. The highest BCUT2D eigenvalue weighted by atomic mass is 19.4. The largest absolute Gasteiger partial charge is 0.505 e. The molecule has 0 aromatic carbocycles. The van der Waals surface area contributed by atoms with Gasteiger partial charge < -0.3 is 10.0 Å². The standard InChI is InChI=1S/C9H10F3N3O2/c10-9(11,12)8(17)15-3-1-2-6(15)4-7(16)5-14-13/h5-6H,1-4H2/p+1/b7-5+/t6-/m0/s1. The predicted molar refractivity (Wildman–Crippen MR) is 51.2 cm³/mol. The molecule has 8 heteroatoms. The van der Waals surface area contributed by atoms with Crippen molar-refractivity contribution in [3.05, 3.63) is 16.9 Å². The first-order valence-electron chi connectivity index (χ1n) is 4.96. The number of hydrogen-bond donors (Lipinski definition) is 1. The van der Waals surface area contributed by atoms with Crippen molar-refractivity contribution in [1.82, 2.24) is 4.90 Å². The highest BCUT2D eigenvalue weighted by Gasteiger charge is 2.46. The summed E-state index contributed by atoms with van der Waals surface area (Å²) in [5.41, 5.74) is 0. The van der Waals surface area contributed by atoms with Crippen LogP contribution in [0.1, 0.15) is 19.3 Å². The molecule has 1 heterocycles. The number of carbonyl (C=O) groups excluding carboxylic acids is 1. The maximum atomic E-state index is 12.2. The molecule has 1 saturated heterocycles. The van der Waals surface area contributed by atoms with Gasteiger partial charge in [0.2, 0.25) is 5.39 Å². The average Bonchev–Trinajstić information content (AvgIpc) is 2.63. The number of hydrogen-bond acceptors (Lipinski definition) is 3. The Morgan fingerprint density at radius 3 is 2.76 bits per heavy atom. The number of amides is 1. The van der Waals surface area contributed by atoms with Gasteiger partial charge in [-0.3, -0.25) is 4.79 Å². The smallest absolute Gasteiger partial charge is 0.471 e. The Hall–Kier alpha value is -1.78. The molecule has 1 atom stereocenters. The molecule has 5 nitrogen and oxygen atoms in total. The number of halogens is 3. The van der Waals surface area contributed by atoms with E-state index in [1.54, 1.807) is 0 Å². The van der Waals surface area contributed by atoms with Gasteiger partial charge in [-0.15, -0.1) is 0 Å². The molecule has 0 spiro atoms. The molecular weight excluding hydrogens is 239 g/mol. The van der Waals surface area contributed by atoms with Crippen molar-refractivity contribution in [2.24, 2.45) is 0 Å². The summed E-state index contributed by atoms with van der Waals surface area (Å²) in [7, 11) is 0. The van der Waals surface area contributed by atoms with E-state index in [1.165, 1.54) is 0 Å². The zero-order chi connectivity index (χ0) is 13.1. The van der Waals surface area contributed by atoms with Gasteiger partial charge >= 0.3 is 18.3 Å². The summed E-state index contributed by atoms with van der Waals surface area (Å²) >= 11 is 0. The fourth-order valence-electron chi connectivity index (χ4n) is 1.84. The normalized spacial score (nSPS) is 21.4. The first kappa shape index (κ1) is 13.3. The maximum absolute atomic E-state index is 12.2. The van der Waals surface area contributed by atoms with E-state index < -0.39 is 18.1 Å². The van der Waals surface area contributed by atoms with Crippen LogP contribution in [-0.4, -0.2) is 34.7 Å². The first-order valence-corrected chi connectivity index (χ1v) is 4.96. The summed E-state index contributed by atoms with van der Waals surface area (Å²) in [5.74, 6) is -2.26. The Morgan fingerprint density at radius 1 is 1.59 bits per heavy atom. The van der Waals surface area contributed by atoms with Gasteiger partial charge in [-0.1, -0.05) is 0 Å². The Labute approximate surface area is 95.1 Å². The lowest BCUT2D eigenvalue weighted by Crippen LogP contribution is -2.43. The second-order valence-electron chi connectivity index (χ2n) is 3.73. The van der Waals surface area contributed by atoms with Crippen LogP contribution in [0.25, 0.3) is 4.98 Å². The number of rotatable bonds is 2. The number of nitrogens with zero attached hydrogens (tertiary/aromatic N) is 3. The van der Waals surface area contributed by atoms with Gasteiger partial charge in [0.1, 0.15) is 0 Å². The summed E-state index contributed by atoms with van der Waals surface area (Å²) in [4.78, 5) is 14.3. The van der Waals surface area contributed by atoms with Crippen molar-refractivity contribution in [1.29, 1.82) is 5.39 Å². The highest BCUT2D eigenvalue weighted by molar-refractivity contribution is 5.82. The second kappa shape index (κ2) is 5.03. The number of alkyl halides is 3. The third kappa shape index (κ3) is 3.34. The van der Waals surface area contributed by atoms with Crippen molar-refractivity contribution in [3.8, 4) is 0 Å². The zero-order valence-corrected chi connectivity index (χ0v) is 8.81. The fourth-order valence-corrected chi connectivity index (χ4v) is 1.84. The van der Waals surface area contributed by atoms with Gasteiger partial charge in [0.05, 0.1) is 0 Å². The number of diazo groups is 1. The van der Waals surface area contributed by atoms with Crippen LogP contribution in [0.2, 0.25) is 0 Å². The van der Waals surface area contributed by atoms with E-state index in [0.29, 0.717) is 17.7 Å². The average molecular weight is 250 g/mol. The number of aliphatic hydroxyl groups is 1. The molecule has 0 unspecified atom stereocenters. The Balaban J connectivity index is 2.71. The lowest BCUT2D eigenvalue weighted by molar-refractivity contribution is -0.186. The van der Waals surface area contributed by atoms with Gasteiger partial charge in [0.15, 0.2) is 10.7 Å². The Morgan fingerprint density at radius 2 is 2.24 bits per heavy atom. The van der Waals surface area contributed by atoms with Gasteiger partial charge in [0, 0.05) is 19.0 Å². The minimum Gasteiger partial charge on any atom is -0.505 e. The molecule has 1 rings (SSSR count). The molecule has 17 heavy (non-hydrogen) atoms. The van der Waals surface area contributed by atoms with Crippen LogP contribution in [-0.2, 0) is 4.79 Å². The fraction of sp³-hybridized carbons (Fsp3) is 0.667. The molecule has 0 aromatic rings. The van der Waals surface area contributed by atoms with Crippen LogP contribution in [0.3, 0.4) is 0 Å². The summed E-state index contributed by atoms with van der Waals surface area (Å²) < 4.78 is 36.7. The number of likely N-dealkylation sites (tertiary alicyclic amines) is 1. The van der Waals surface area contributed by atoms with E-state index in [1.807, 2.05) is 0 Å². The molecule has 1 fully saturated rings. The highest BCUT2D eigenvalue weighted by Crippen LogP contribution is 2.28. The van der Waals surface area contributed by atoms with Gasteiger partial charge in [-0.25, -0.2) is 0 Å². The van der Waals surface area contributed by atoms with Crippen molar-refractivity contribution in [2.75, 3.05) is 6.54 Å². The van der Waals surface area contributed by atoms with Crippen LogP contribution in [0.5, 0.6) is 0 Å². The molecule has 1 amide bonds. The van der Waals surface area contributed by atoms with E-state index in [0.717, 1.165) is 6.20 Å². The summed E-state index contributed by atoms with van der Waals surface area (Å²) in [6, 6.07) is -0.706. The monoisotopic (exact) mass is 250 g/mol. The second-order valence-corrected chi connectivity index (χ2v) is 3.73. The van der Waals surface area contributed by atoms with E-state index in [4.69, 9.17) is 5.39 Å². The zero-order valence-electron chi connectivity index (χ0n) is 8.81. The Bertz CT molecular complexity index is 373. The van der Waals surface area contributed by atoms with Crippen molar-refractivity contribution in [2.45, 2.75) is 31.5 Å². The van der Waals surface area contributed by atoms with E-state index in [9.17, 15) is 23.1 Å². The topological polar surface area (TPSA) is 68.7 Å². The predicted octanol–water partition coefficient (Wildman–Crippen LogP) is 2.18. The minimum atomic E-state index is -4.90. The van der Waals surface area contributed by atoms with E-state index >= 15 is 0 Å². The molecule has 0 bridgehead atoms. The Kier molecular flexibility index (Phi) is 3.93. The molecule has 0 aliphatic carbocycles. The molecule has 1 N–H and O–H groups in total. The molecule has 94 valence electrons. The van der Waals surface area contributed by atoms with Gasteiger partial charge in [-0.05, 0) is 12.8 Å². The molecule has 1 aliphatic rings. The first-order chi connectivity index (χ1) is 7.86. The minimum absolute atomic E-state index is 0.0204. The molecule has 0 aromatic heterocycles. The number of aliphatic hydroxyl groups excluding tert-OH is 1. The van der Waals surface area contributed by atoms with Gasteiger partial charge in [0.25, 0.3) is 0 Å². The van der Waals surface area contributed by atoms with Crippen molar-refractivity contribution >= 4 is 5.91 Å². The molecule has 0 saturated carbocycles. The summed E-state index contributed by atoms with van der Waals surface area (Å²) in [5, 5.41) is 17.3. The van der Waals surface area contributed by atoms with E-state index in [-0.39, 0.29) is 18.7 Å². The van der Waals surface area contributed by atoms with Crippen LogP contribution >= 0.6 is 0 Å². The van der Waals surface area contributed by atoms with Crippen LogP contribution < -0.4 is 0 Å². The lowest BCUT2D eigenvalue weighted by atomic mass is 10.1. The van der Waals surface area contributed by atoms with Crippen LogP contribution in [0.15, 0.2) is 12.0 Å². The van der Waals surface area contributed by atoms with Gasteiger partial charge in [-0.2, -0.15) is 13.2 Å². The maximum Gasteiger partial charge on any atom is 0.471 e. The molecule has 0 radical (unpaired) electrons.